The van der Waals surface area contributed by atoms with E-state index in [0.29, 0.717) is 0 Å². The fraction of sp³-hybridized carbons (Fsp3) is 0.600. The van der Waals surface area contributed by atoms with Gasteiger partial charge in [-0.2, -0.15) is 0 Å². The van der Waals surface area contributed by atoms with E-state index in [0.717, 1.165) is 18.8 Å². The van der Waals surface area contributed by atoms with Crippen LogP contribution in [0.3, 0.4) is 0 Å². The first-order valence-electron chi connectivity index (χ1n) is 2.73. The van der Waals surface area contributed by atoms with Crippen LogP contribution in [-0.2, 0) is 0 Å². The number of hydrazine groups is 1. The summed E-state index contributed by atoms with van der Waals surface area (Å²) in [6.45, 7) is 3.84. The molecule has 8 heavy (non-hydrogen) atoms. The number of allylic oxidation sites excluding steroid dienone is 1. The molecule has 46 valence electrons. The van der Waals surface area contributed by atoms with Crippen molar-refractivity contribution in [2.75, 3.05) is 13.1 Å². The molecule has 0 aliphatic carbocycles. The van der Waals surface area contributed by atoms with E-state index in [1.54, 1.807) is 5.01 Å². The predicted octanol–water partition coefficient (Wildman–Crippen LogP) is -0.373. The van der Waals surface area contributed by atoms with Crippen molar-refractivity contribution in [3.05, 3.63) is 11.9 Å². The van der Waals surface area contributed by atoms with Crippen LogP contribution >= 0.6 is 0 Å². The van der Waals surface area contributed by atoms with Crippen molar-refractivity contribution in [1.29, 1.82) is 0 Å². The molecule has 0 fully saturated rings. The van der Waals surface area contributed by atoms with Crippen molar-refractivity contribution in [1.82, 2.24) is 10.3 Å². The Morgan fingerprint density at radius 1 is 1.88 bits per heavy atom. The minimum absolute atomic E-state index is 0.905. The Morgan fingerprint density at radius 3 is 3.00 bits per heavy atom. The number of hydrogen-bond acceptors (Lipinski definition) is 3. The Bertz CT molecular complexity index is 108. The van der Waals surface area contributed by atoms with Crippen LogP contribution < -0.4 is 11.2 Å². The third kappa shape index (κ3) is 0.924. The maximum Gasteiger partial charge on any atom is 0.0511 e. The molecule has 1 rings (SSSR count). The Morgan fingerprint density at radius 2 is 2.62 bits per heavy atom. The summed E-state index contributed by atoms with van der Waals surface area (Å²) < 4.78 is 0. The SMILES string of the molecule is CC1=CNCCN1N. The van der Waals surface area contributed by atoms with E-state index in [9.17, 15) is 0 Å². The van der Waals surface area contributed by atoms with Gasteiger partial charge < -0.3 is 10.3 Å². The first-order valence-corrected chi connectivity index (χ1v) is 2.73. The average molecular weight is 113 g/mol. The van der Waals surface area contributed by atoms with E-state index in [-0.39, 0.29) is 0 Å². The number of rotatable bonds is 0. The fourth-order valence-corrected chi connectivity index (χ4v) is 0.664. The summed E-state index contributed by atoms with van der Waals surface area (Å²) in [7, 11) is 0. The van der Waals surface area contributed by atoms with E-state index < -0.39 is 0 Å². The van der Waals surface area contributed by atoms with E-state index in [1.807, 2.05) is 13.1 Å². The molecule has 1 aliphatic heterocycles. The smallest absolute Gasteiger partial charge is 0.0511 e. The molecule has 0 saturated heterocycles. The second-order valence-electron chi connectivity index (χ2n) is 1.93. The monoisotopic (exact) mass is 113 g/mol. The van der Waals surface area contributed by atoms with Crippen LogP contribution in [0.25, 0.3) is 0 Å². The minimum Gasteiger partial charge on any atom is -0.388 e. The molecule has 3 heteroatoms. The number of nitrogens with two attached hydrogens (primary N) is 1. The van der Waals surface area contributed by atoms with E-state index in [2.05, 4.69) is 5.32 Å². The lowest BCUT2D eigenvalue weighted by Crippen LogP contribution is -2.39. The standard InChI is InChI=1S/C5H11N3/c1-5-4-7-2-3-8(5)6/h4,7H,2-3,6H2,1H3. The lowest BCUT2D eigenvalue weighted by molar-refractivity contribution is 0.341. The highest BCUT2D eigenvalue weighted by Gasteiger charge is 2.01. The van der Waals surface area contributed by atoms with Crippen molar-refractivity contribution in [3.8, 4) is 0 Å². The molecule has 0 bridgehead atoms. The molecule has 3 nitrogen and oxygen atoms in total. The van der Waals surface area contributed by atoms with Gasteiger partial charge in [0.2, 0.25) is 0 Å². The molecule has 0 aromatic carbocycles. The molecular formula is C5H11N3. The molecule has 0 spiro atoms. The zero-order valence-corrected chi connectivity index (χ0v) is 5.02. The van der Waals surface area contributed by atoms with E-state index >= 15 is 0 Å². The van der Waals surface area contributed by atoms with E-state index in [1.165, 1.54) is 0 Å². The maximum atomic E-state index is 5.50. The summed E-state index contributed by atoms with van der Waals surface area (Å²) in [4.78, 5) is 0. The van der Waals surface area contributed by atoms with Gasteiger partial charge in [-0.25, -0.2) is 5.84 Å². The van der Waals surface area contributed by atoms with Gasteiger partial charge in [-0.15, -0.1) is 0 Å². The van der Waals surface area contributed by atoms with Crippen molar-refractivity contribution in [2.45, 2.75) is 6.92 Å². The van der Waals surface area contributed by atoms with Crippen LogP contribution in [0, 0.1) is 0 Å². The Hall–Kier alpha value is -0.700. The van der Waals surface area contributed by atoms with Crippen molar-refractivity contribution >= 4 is 0 Å². The molecule has 0 amide bonds. The zero-order chi connectivity index (χ0) is 5.98. The van der Waals surface area contributed by atoms with Crippen molar-refractivity contribution in [2.24, 2.45) is 5.84 Å². The second-order valence-corrected chi connectivity index (χ2v) is 1.93. The lowest BCUT2D eigenvalue weighted by atomic mass is 10.4. The van der Waals surface area contributed by atoms with Gasteiger partial charge in [-0.1, -0.05) is 0 Å². The highest BCUT2D eigenvalue weighted by Crippen LogP contribution is 1.96. The summed E-state index contributed by atoms with van der Waals surface area (Å²) in [6.07, 6.45) is 1.92. The van der Waals surface area contributed by atoms with Crippen molar-refractivity contribution in [3.63, 3.8) is 0 Å². The highest BCUT2D eigenvalue weighted by atomic mass is 15.4. The molecule has 3 N–H and O–H groups in total. The van der Waals surface area contributed by atoms with Gasteiger partial charge in [0.05, 0.1) is 6.54 Å². The van der Waals surface area contributed by atoms with Crippen LogP contribution in [-0.4, -0.2) is 18.1 Å². The van der Waals surface area contributed by atoms with Crippen LogP contribution in [0.1, 0.15) is 6.92 Å². The summed E-state index contributed by atoms with van der Waals surface area (Å²) in [6, 6.07) is 0. The molecule has 1 aliphatic rings. The summed E-state index contributed by atoms with van der Waals surface area (Å²) >= 11 is 0. The normalized spacial score (nSPS) is 19.8. The van der Waals surface area contributed by atoms with Gasteiger partial charge >= 0.3 is 0 Å². The fourth-order valence-electron chi connectivity index (χ4n) is 0.664. The minimum atomic E-state index is 0.905. The molecule has 0 aromatic rings. The third-order valence-corrected chi connectivity index (χ3v) is 1.26. The van der Waals surface area contributed by atoms with Gasteiger partial charge in [0.1, 0.15) is 0 Å². The average Bonchev–Trinajstić information content (AvgIpc) is 1.77. The van der Waals surface area contributed by atoms with Crippen molar-refractivity contribution < 1.29 is 0 Å². The second kappa shape index (κ2) is 2.05. The molecule has 0 saturated carbocycles. The first-order chi connectivity index (χ1) is 3.80. The van der Waals surface area contributed by atoms with E-state index in [4.69, 9.17) is 5.84 Å². The van der Waals surface area contributed by atoms with Gasteiger partial charge in [0.25, 0.3) is 0 Å². The largest absolute Gasteiger partial charge is 0.388 e. The Balaban J connectivity index is 2.53. The van der Waals surface area contributed by atoms with Crippen LogP contribution in [0.5, 0.6) is 0 Å². The number of nitrogens with one attached hydrogen (secondary N) is 1. The molecular weight excluding hydrogens is 102 g/mol. The molecule has 0 atom stereocenters. The summed E-state index contributed by atoms with van der Waals surface area (Å²) in [5, 5.41) is 4.81. The Labute approximate surface area is 49.1 Å². The Kier molecular flexibility index (Phi) is 1.39. The third-order valence-electron chi connectivity index (χ3n) is 1.26. The van der Waals surface area contributed by atoms with Crippen LogP contribution in [0.2, 0.25) is 0 Å². The van der Waals surface area contributed by atoms with Crippen LogP contribution in [0.15, 0.2) is 11.9 Å². The zero-order valence-electron chi connectivity index (χ0n) is 5.02. The van der Waals surface area contributed by atoms with Gasteiger partial charge in [-0.05, 0) is 6.92 Å². The van der Waals surface area contributed by atoms with Crippen LogP contribution in [0.4, 0.5) is 0 Å². The lowest BCUT2D eigenvalue weighted by Gasteiger charge is -2.23. The maximum absolute atomic E-state index is 5.50. The molecule has 0 aromatic heterocycles. The first kappa shape index (κ1) is 5.44. The number of hydrogen-bond donors (Lipinski definition) is 2. The number of nitrogens with zero attached hydrogens (tertiary/aromatic N) is 1. The highest BCUT2D eigenvalue weighted by molar-refractivity contribution is 4.97. The molecule has 0 unspecified atom stereocenters. The molecule has 0 radical (unpaired) electrons. The molecule has 1 heterocycles. The van der Waals surface area contributed by atoms with Gasteiger partial charge in [-0.3, -0.25) is 0 Å². The summed E-state index contributed by atoms with van der Waals surface area (Å²) in [5.41, 5.74) is 1.09. The topological polar surface area (TPSA) is 41.3 Å². The summed E-state index contributed by atoms with van der Waals surface area (Å²) in [5.74, 6) is 5.50. The van der Waals surface area contributed by atoms with Gasteiger partial charge in [0.15, 0.2) is 0 Å². The quantitative estimate of drug-likeness (QED) is 0.421. The predicted molar refractivity (Wildman–Crippen MR) is 32.7 cm³/mol. The van der Waals surface area contributed by atoms with Gasteiger partial charge in [0, 0.05) is 18.4 Å².